The van der Waals surface area contributed by atoms with E-state index in [0.717, 1.165) is 21.9 Å². The third kappa shape index (κ3) is 3.87. The Morgan fingerprint density at radius 1 is 1.38 bits per heavy atom. The molecule has 0 amide bonds. The lowest BCUT2D eigenvalue weighted by molar-refractivity contribution is 0.629. The van der Waals surface area contributed by atoms with Crippen molar-refractivity contribution in [2.75, 3.05) is 11.1 Å². The molecule has 6 heteroatoms. The van der Waals surface area contributed by atoms with Crippen LogP contribution in [0.25, 0.3) is 0 Å². The quantitative estimate of drug-likeness (QED) is 0.595. The first-order chi connectivity index (χ1) is 10.0. The van der Waals surface area contributed by atoms with Crippen LogP contribution in [-0.4, -0.2) is 10.7 Å². The third-order valence-corrected chi connectivity index (χ3v) is 4.22. The van der Waals surface area contributed by atoms with Crippen LogP contribution in [0, 0.1) is 5.82 Å². The van der Waals surface area contributed by atoms with Crippen LogP contribution >= 0.6 is 35.6 Å². The second kappa shape index (κ2) is 7.11. The Labute approximate surface area is 137 Å². The number of hydrogen-bond acceptors (Lipinski definition) is 3. The molecule has 0 aromatic heterocycles. The second-order valence-electron chi connectivity index (χ2n) is 4.23. The SMILES string of the molecule is CCSc1cccc(Nc2ccc(Cl)c(F)c2)c1C(N)=S. The standard InChI is InChI=1S/C15H14ClFN2S2/c1-2-21-13-5-3-4-12(14(13)15(18)20)19-9-6-7-10(16)11(17)8-9/h3-8,19H,2H2,1H3,(H2,18,20). The zero-order valence-corrected chi connectivity index (χ0v) is 13.7. The first-order valence-corrected chi connectivity index (χ1v) is 8.07. The Bertz CT molecular complexity index is 677. The van der Waals surface area contributed by atoms with Crippen LogP contribution < -0.4 is 11.1 Å². The Balaban J connectivity index is 2.41. The van der Waals surface area contributed by atoms with Gasteiger partial charge < -0.3 is 11.1 Å². The largest absolute Gasteiger partial charge is 0.389 e. The maximum absolute atomic E-state index is 13.5. The predicted octanol–water partition coefficient (Wildman–Crippen LogP) is 4.97. The van der Waals surface area contributed by atoms with Gasteiger partial charge in [-0.05, 0) is 36.1 Å². The highest BCUT2D eigenvalue weighted by atomic mass is 35.5. The molecule has 2 aromatic carbocycles. The molecule has 0 spiro atoms. The Morgan fingerprint density at radius 2 is 2.14 bits per heavy atom. The normalized spacial score (nSPS) is 10.4. The van der Waals surface area contributed by atoms with E-state index in [1.165, 1.54) is 12.1 Å². The van der Waals surface area contributed by atoms with Crippen molar-refractivity contribution < 1.29 is 4.39 Å². The number of rotatable bonds is 5. The third-order valence-electron chi connectivity index (χ3n) is 2.77. The fourth-order valence-electron chi connectivity index (χ4n) is 1.89. The zero-order valence-electron chi connectivity index (χ0n) is 11.3. The predicted molar refractivity (Wildman–Crippen MR) is 93.4 cm³/mol. The summed E-state index contributed by atoms with van der Waals surface area (Å²) < 4.78 is 13.5. The molecule has 0 radical (unpaired) electrons. The van der Waals surface area contributed by atoms with Gasteiger partial charge in [0.15, 0.2) is 0 Å². The van der Waals surface area contributed by atoms with Crippen LogP contribution in [0.4, 0.5) is 15.8 Å². The van der Waals surface area contributed by atoms with E-state index in [1.807, 2.05) is 18.2 Å². The van der Waals surface area contributed by atoms with Gasteiger partial charge in [-0.25, -0.2) is 4.39 Å². The van der Waals surface area contributed by atoms with Gasteiger partial charge in [-0.2, -0.15) is 0 Å². The first-order valence-electron chi connectivity index (χ1n) is 6.30. The Morgan fingerprint density at radius 3 is 2.76 bits per heavy atom. The summed E-state index contributed by atoms with van der Waals surface area (Å²) in [5.74, 6) is 0.437. The van der Waals surface area contributed by atoms with Crippen molar-refractivity contribution in [1.29, 1.82) is 0 Å². The second-order valence-corrected chi connectivity index (χ2v) is 6.38. The molecule has 0 aliphatic rings. The summed E-state index contributed by atoms with van der Waals surface area (Å²) in [5.41, 5.74) is 7.95. The van der Waals surface area contributed by atoms with Gasteiger partial charge in [0, 0.05) is 21.8 Å². The molecule has 0 atom stereocenters. The molecule has 0 saturated heterocycles. The van der Waals surface area contributed by atoms with Crippen LogP contribution in [0.3, 0.4) is 0 Å². The molecule has 0 fully saturated rings. The molecule has 0 heterocycles. The number of thiocarbonyl (C=S) groups is 1. The topological polar surface area (TPSA) is 38.0 Å². The molecular formula is C15H14ClFN2S2. The van der Waals surface area contributed by atoms with E-state index in [2.05, 4.69) is 12.2 Å². The average molecular weight is 341 g/mol. The fraction of sp³-hybridized carbons (Fsp3) is 0.133. The number of halogens is 2. The molecule has 0 aliphatic carbocycles. The monoisotopic (exact) mass is 340 g/mol. The molecule has 0 saturated carbocycles. The number of nitrogens with two attached hydrogens (primary N) is 1. The van der Waals surface area contributed by atoms with Gasteiger partial charge in [-0.15, -0.1) is 11.8 Å². The van der Waals surface area contributed by atoms with E-state index in [9.17, 15) is 4.39 Å². The van der Waals surface area contributed by atoms with Gasteiger partial charge in [0.2, 0.25) is 0 Å². The molecule has 0 bridgehead atoms. The lowest BCUT2D eigenvalue weighted by Crippen LogP contribution is -2.13. The van der Waals surface area contributed by atoms with E-state index in [-0.39, 0.29) is 5.02 Å². The molecule has 21 heavy (non-hydrogen) atoms. The number of anilines is 2. The molecule has 0 unspecified atom stereocenters. The molecule has 2 aromatic rings. The Kier molecular flexibility index (Phi) is 5.45. The van der Waals surface area contributed by atoms with Crippen LogP contribution in [-0.2, 0) is 0 Å². The van der Waals surface area contributed by atoms with Crippen molar-refractivity contribution in [2.24, 2.45) is 5.73 Å². The summed E-state index contributed by atoms with van der Waals surface area (Å²) in [4.78, 5) is 1.31. The van der Waals surface area contributed by atoms with Crippen LogP contribution in [0.15, 0.2) is 41.3 Å². The van der Waals surface area contributed by atoms with E-state index in [4.69, 9.17) is 29.6 Å². The summed E-state index contributed by atoms with van der Waals surface area (Å²) in [5, 5.41) is 3.23. The molecular weight excluding hydrogens is 327 g/mol. The number of benzene rings is 2. The van der Waals surface area contributed by atoms with Crippen molar-refractivity contribution >= 4 is 51.9 Å². The van der Waals surface area contributed by atoms with Gasteiger partial charge in [0.05, 0.1) is 5.02 Å². The van der Waals surface area contributed by atoms with E-state index < -0.39 is 5.82 Å². The minimum absolute atomic E-state index is 0.0883. The first kappa shape index (κ1) is 16.1. The van der Waals surface area contributed by atoms with E-state index in [1.54, 1.807) is 17.8 Å². The van der Waals surface area contributed by atoms with Crippen molar-refractivity contribution in [1.82, 2.24) is 0 Å². The summed E-state index contributed by atoms with van der Waals surface area (Å²) in [6.07, 6.45) is 0. The van der Waals surface area contributed by atoms with Crippen molar-refractivity contribution in [3.63, 3.8) is 0 Å². The smallest absolute Gasteiger partial charge is 0.143 e. The van der Waals surface area contributed by atoms with Gasteiger partial charge in [0.1, 0.15) is 10.8 Å². The highest BCUT2D eigenvalue weighted by molar-refractivity contribution is 7.99. The zero-order chi connectivity index (χ0) is 15.4. The molecule has 0 aliphatic heterocycles. The molecule has 3 N–H and O–H groups in total. The van der Waals surface area contributed by atoms with Crippen molar-refractivity contribution in [2.45, 2.75) is 11.8 Å². The molecule has 2 rings (SSSR count). The summed E-state index contributed by atoms with van der Waals surface area (Å²) in [6, 6.07) is 10.3. The summed E-state index contributed by atoms with van der Waals surface area (Å²) in [7, 11) is 0. The molecule has 110 valence electrons. The fourth-order valence-corrected chi connectivity index (χ4v) is 3.15. The van der Waals surface area contributed by atoms with Gasteiger partial charge in [-0.1, -0.05) is 36.8 Å². The van der Waals surface area contributed by atoms with Crippen LogP contribution in [0.1, 0.15) is 12.5 Å². The van der Waals surface area contributed by atoms with E-state index in [0.29, 0.717) is 10.7 Å². The van der Waals surface area contributed by atoms with E-state index >= 15 is 0 Å². The van der Waals surface area contributed by atoms with Crippen molar-refractivity contribution in [3.8, 4) is 0 Å². The highest BCUT2D eigenvalue weighted by Crippen LogP contribution is 2.31. The maximum atomic E-state index is 13.5. The lowest BCUT2D eigenvalue weighted by Gasteiger charge is -2.15. The maximum Gasteiger partial charge on any atom is 0.143 e. The van der Waals surface area contributed by atoms with Gasteiger partial charge >= 0.3 is 0 Å². The van der Waals surface area contributed by atoms with Gasteiger partial charge in [-0.3, -0.25) is 0 Å². The Hall–Kier alpha value is -1.30. The number of hydrogen-bond donors (Lipinski definition) is 2. The number of nitrogens with one attached hydrogen (secondary N) is 1. The van der Waals surface area contributed by atoms with Gasteiger partial charge in [0.25, 0.3) is 0 Å². The average Bonchev–Trinajstić information content (AvgIpc) is 2.43. The molecule has 2 nitrogen and oxygen atoms in total. The van der Waals surface area contributed by atoms with Crippen molar-refractivity contribution in [3.05, 3.63) is 52.8 Å². The summed E-state index contributed by atoms with van der Waals surface area (Å²) in [6.45, 7) is 2.06. The minimum atomic E-state index is -0.474. The minimum Gasteiger partial charge on any atom is -0.389 e. The summed E-state index contributed by atoms with van der Waals surface area (Å²) >= 11 is 12.5. The van der Waals surface area contributed by atoms with Crippen LogP contribution in [0.5, 0.6) is 0 Å². The van der Waals surface area contributed by atoms with Crippen LogP contribution in [0.2, 0.25) is 5.02 Å². The lowest BCUT2D eigenvalue weighted by atomic mass is 10.1. The number of thioether (sulfide) groups is 1. The highest BCUT2D eigenvalue weighted by Gasteiger charge is 2.12.